The smallest absolute Gasteiger partial charge is 0.133 e. The largest absolute Gasteiger partial charge is 0.185 e. The summed E-state index contributed by atoms with van der Waals surface area (Å²) in [5, 5.41) is 19.5. The van der Waals surface area contributed by atoms with Crippen LogP contribution in [0.3, 0.4) is 0 Å². The summed E-state index contributed by atoms with van der Waals surface area (Å²) >= 11 is 2.50. The number of nitriles is 2. The van der Waals surface area contributed by atoms with Gasteiger partial charge in [-0.3, -0.25) is 0 Å². The van der Waals surface area contributed by atoms with E-state index >= 15 is 0 Å². The molecule has 0 rings (SSSR count). The number of unbranched alkanes of at least 4 members (excludes halogenated alkanes) is 1. The van der Waals surface area contributed by atoms with Crippen LogP contribution in [0, 0.1) is 21.3 Å². The molecular weight excluding hydrogens is 176 g/mol. The average molecular weight is 188 g/mol. The van der Waals surface area contributed by atoms with Gasteiger partial charge in [0, 0.05) is 5.75 Å². The van der Waals surface area contributed by atoms with E-state index in [1.165, 1.54) is 18.2 Å². The average Bonchev–Trinajstić information content (AvgIpc) is 2.06. The highest BCUT2D eigenvalue weighted by molar-refractivity contribution is 8.03. The molecule has 0 aromatic carbocycles. The molecule has 11 heavy (non-hydrogen) atoms. The molecule has 0 aliphatic carbocycles. The monoisotopic (exact) mass is 188 g/mol. The van der Waals surface area contributed by atoms with Crippen molar-refractivity contribution in [2.75, 3.05) is 12.0 Å². The Bertz CT molecular complexity index is 134. The maximum atomic E-state index is 8.01. The molecule has 0 aromatic rings. The van der Waals surface area contributed by atoms with E-state index in [0.29, 0.717) is 0 Å². The Kier molecular flexibility index (Phi) is 19.7. The van der Waals surface area contributed by atoms with Crippen LogP contribution in [0.2, 0.25) is 0 Å². The predicted octanol–water partition coefficient (Wildman–Crippen LogP) is 2.83. The molecule has 0 aromatic heterocycles. The van der Waals surface area contributed by atoms with Crippen LogP contribution in [-0.2, 0) is 0 Å². The first-order chi connectivity index (χ1) is 5.33. The van der Waals surface area contributed by atoms with Gasteiger partial charge in [-0.05, 0) is 36.2 Å². The molecule has 0 spiro atoms. The summed E-state index contributed by atoms with van der Waals surface area (Å²) in [4.78, 5) is 0. The zero-order valence-electron chi connectivity index (χ0n) is 6.83. The molecule has 0 bridgehead atoms. The summed E-state index contributed by atoms with van der Waals surface area (Å²) in [7, 11) is 0. The highest BCUT2D eigenvalue weighted by atomic mass is 32.2. The van der Waals surface area contributed by atoms with Gasteiger partial charge in [-0.25, -0.2) is 0 Å². The summed E-state index contributed by atoms with van der Waals surface area (Å²) in [6.45, 7) is 2.12. The molecule has 62 valence electrons. The van der Waals surface area contributed by atoms with E-state index in [9.17, 15) is 0 Å². The topological polar surface area (TPSA) is 47.6 Å². The minimum Gasteiger partial charge on any atom is -0.185 e. The minimum absolute atomic E-state index is 0.993. The Morgan fingerprint density at radius 2 is 1.82 bits per heavy atom. The fourth-order valence-electron chi connectivity index (χ4n) is 0.262. The second kappa shape index (κ2) is 16.3. The molecule has 2 nitrogen and oxygen atoms in total. The van der Waals surface area contributed by atoms with Gasteiger partial charge in [0.25, 0.3) is 0 Å². The lowest BCUT2D eigenvalue weighted by molar-refractivity contribution is 0.898. The molecule has 0 radical (unpaired) electrons. The van der Waals surface area contributed by atoms with Crippen LogP contribution in [0.5, 0.6) is 0 Å². The number of nitrogens with zero attached hydrogens (tertiary/aromatic N) is 2. The van der Waals surface area contributed by atoms with Gasteiger partial charge in [-0.1, -0.05) is 13.3 Å². The van der Waals surface area contributed by atoms with E-state index in [2.05, 4.69) is 6.92 Å². The molecule has 0 saturated carbocycles. The molecule has 0 amide bonds. The van der Waals surface area contributed by atoms with Crippen molar-refractivity contribution in [2.24, 2.45) is 0 Å². The zero-order chi connectivity index (χ0) is 8.95. The first-order valence-corrected chi connectivity index (χ1v) is 5.47. The second-order valence-electron chi connectivity index (χ2n) is 1.59. The first-order valence-electron chi connectivity index (χ1n) is 3.26. The fraction of sp³-hybridized carbons (Fsp3) is 0.714. The molecule has 0 N–H and O–H groups in total. The maximum absolute atomic E-state index is 8.01. The minimum atomic E-state index is 0.993. The first kappa shape index (κ1) is 13.3. The van der Waals surface area contributed by atoms with Gasteiger partial charge in [0.05, 0.1) is 0 Å². The van der Waals surface area contributed by atoms with Crippen LogP contribution in [0.25, 0.3) is 0 Å². The van der Waals surface area contributed by atoms with Gasteiger partial charge in [0.1, 0.15) is 10.8 Å². The molecule has 0 aliphatic heterocycles. The molecule has 0 unspecified atom stereocenters. The lowest BCUT2D eigenvalue weighted by Crippen LogP contribution is -1.71. The standard InChI is InChI=1S/C5H9NS.C2H3NS/c1-2-3-4-7-5-6;1-4-2-3/h2-4H2,1H3;1H3. The lowest BCUT2D eigenvalue weighted by atomic mass is 10.4. The molecule has 0 atom stereocenters. The maximum Gasteiger partial charge on any atom is 0.133 e. The number of rotatable bonds is 3. The van der Waals surface area contributed by atoms with Gasteiger partial charge in [0.15, 0.2) is 0 Å². The van der Waals surface area contributed by atoms with Gasteiger partial charge in [-0.2, -0.15) is 10.5 Å². The van der Waals surface area contributed by atoms with Crippen LogP contribution in [0.1, 0.15) is 19.8 Å². The van der Waals surface area contributed by atoms with Crippen LogP contribution in [0.4, 0.5) is 0 Å². The van der Waals surface area contributed by atoms with E-state index in [0.717, 1.165) is 23.9 Å². The Labute approximate surface area is 77.0 Å². The number of thiocyanates is 2. The highest BCUT2D eigenvalue weighted by Gasteiger charge is 1.80. The van der Waals surface area contributed by atoms with Crippen molar-refractivity contribution < 1.29 is 0 Å². The normalized spacial score (nSPS) is 6.91. The Hall–Kier alpha value is -0.320. The summed E-state index contributed by atoms with van der Waals surface area (Å²) in [6, 6.07) is 0. The van der Waals surface area contributed by atoms with Crippen molar-refractivity contribution in [3.05, 3.63) is 0 Å². The number of hydrogen-bond acceptors (Lipinski definition) is 4. The quantitative estimate of drug-likeness (QED) is 0.504. The Morgan fingerprint density at radius 1 is 1.27 bits per heavy atom. The number of hydrogen-bond donors (Lipinski definition) is 0. The summed E-state index contributed by atoms with van der Waals surface area (Å²) in [6.07, 6.45) is 4.09. The number of thioether (sulfide) groups is 2. The van der Waals surface area contributed by atoms with Crippen LogP contribution in [0.15, 0.2) is 0 Å². The van der Waals surface area contributed by atoms with Crippen molar-refractivity contribution >= 4 is 23.5 Å². The summed E-state index contributed by atoms with van der Waals surface area (Å²) in [5.41, 5.74) is 0. The molecular formula is C7H12N2S2. The fourth-order valence-corrected chi connectivity index (χ4v) is 0.786. The summed E-state index contributed by atoms with van der Waals surface area (Å²) in [5.74, 6) is 0.993. The van der Waals surface area contributed by atoms with E-state index in [1.54, 1.807) is 6.26 Å². The Balaban J connectivity index is 0. The predicted molar refractivity (Wildman–Crippen MR) is 52.1 cm³/mol. The lowest BCUT2D eigenvalue weighted by Gasteiger charge is -1.84. The molecule has 0 heterocycles. The van der Waals surface area contributed by atoms with Gasteiger partial charge in [0.2, 0.25) is 0 Å². The molecule has 4 heteroatoms. The zero-order valence-corrected chi connectivity index (χ0v) is 8.47. The van der Waals surface area contributed by atoms with E-state index in [-0.39, 0.29) is 0 Å². The van der Waals surface area contributed by atoms with Gasteiger partial charge in [-0.15, -0.1) is 0 Å². The third kappa shape index (κ3) is 26.1. The van der Waals surface area contributed by atoms with Crippen LogP contribution < -0.4 is 0 Å². The SMILES string of the molecule is CCCCSC#N.CSC#N. The molecule has 0 saturated heterocycles. The van der Waals surface area contributed by atoms with Crippen molar-refractivity contribution in [3.63, 3.8) is 0 Å². The van der Waals surface area contributed by atoms with E-state index in [4.69, 9.17) is 10.5 Å². The highest BCUT2D eigenvalue weighted by Crippen LogP contribution is 1.99. The third-order valence-corrected chi connectivity index (χ3v) is 1.56. The van der Waals surface area contributed by atoms with Gasteiger partial charge < -0.3 is 0 Å². The molecule has 0 aliphatic rings. The van der Waals surface area contributed by atoms with E-state index in [1.807, 2.05) is 10.8 Å². The third-order valence-electron chi connectivity index (χ3n) is 0.756. The molecule has 0 fully saturated rings. The second-order valence-corrected chi connectivity index (χ2v) is 3.06. The van der Waals surface area contributed by atoms with Crippen molar-refractivity contribution in [1.29, 1.82) is 10.5 Å². The van der Waals surface area contributed by atoms with Crippen molar-refractivity contribution in [2.45, 2.75) is 19.8 Å². The van der Waals surface area contributed by atoms with Crippen LogP contribution in [-0.4, -0.2) is 12.0 Å². The van der Waals surface area contributed by atoms with E-state index < -0.39 is 0 Å². The van der Waals surface area contributed by atoms with Crippen molar-refractivity contribution in [1.82, 2.24) is 0 Å². The van der Waals surface area contributed by atoms with Crippen LogP contribution >= 0.6 is 23.5 Å². The van der Waals surface area contributed by atoms with Gasteiger partial charge >= 0.3 is 0 Å². The summed E-state index contributed by atoms with van der Waals surface area (Å²) < 4.78 is 0. The van der Waals surface area contributed by atoms with Crippen molar-refractivity contribution in [3.8, 4) is 10.8 Å². The Morgan fingerprint density at radius 3 is 2.09 bits per heavy atom.